The summed E-state index contributed by atoms with van der Waals surface area (Å²) in [5.41, 5.74) is 5.64. The van der Waals surface area contributed by atoms with Gasteiger partial charge in [-0.1, -0.05) is 0 Å². The molecule has 0 aliphatic rings. The normalized spacial score (nSPS) is 13.8. The van der Waals surface area contributed by atoms with Gasteiger partial charge in [0.25, 0.3) is 0 Å². The van der Waals surface area contributed by atoms with E-state index in [1.165, 1.54) is 0 Å². The highest BCUT2D eigenvalue weighted by atomic mass is 32.1. The van der Waals surface area contributed by atoms with Crippen LogP contribution in [0.3, 0.4) is 0 Å². The van der Waals surface area contributed by atoms with E-state index < -0.39 is 0 Å². The van der Waals surface area contributed by atoms with E-state index in [1.807, 2.05) is 16.0 Å². The van der Waals surface area contributed by atoms with Gasteiger partial charge in [-0.2, -0.15) is 0 Å². The first-order valence-electron chi connectivity index (χ1n) is 3.60. The molecular weight excluding hydrogens is 174 g/mol. The van der Waals surface area contributed by atoms with Crippen molar-refractivity contribution in [1.82, 2.24) is 9.38 Å². The number of rotatable bonds is 2. The van der Waals surface area contributed by atoms with Gasteiger partial charge in [-0.25, -0.2) is 4.98 Å². The first kappa shape index (κ1) is 7.72. The first-order valence-corrected chi connectivity index (χ1v) is 4.48. The summed E-state index contributed by atoms with van der Waals surface area (Å²) >= 11 is 1.60. The average molecular weight is 183 g/mol. The molecule has 1 unspecified atom stereocenters. The zero-order chi connectivity index (χ0) is 8.55. The number of aliphatic hydroxyl groups is 1. The number of hydrogen-bond acceptors (Lipinski definition) is 4. The SMILES string of the molecule is NC(CO)c1ncc2sccn12. The molecule has 0 aliphatic carbocycles. The molecule has 0 radical (unpaired) electrons. The fraction of sp³-hybridized carbons (Fsp3) is 0.286. The maximum atomic E-state index is 8.83. The van der Waals surface area contributed by atoms with Gasteiger partial charge in [-0.05, 0) is 0 Å². The van der Waals surface area contributed by atoms with Crippen LogP contribution in [0, 0.1) is 0 Å². The summed E-state index contributed by atoms with van der Waals surface area (Å²) in [6.45, 7) is -0.0744. The van der Waals surface area contributed by atoms with Crippen molar-refractivity contribution in [3.8, 4) is 0 Å². The van der Waals surface area contributed by atoms with Gasteiger partial charge in [-0.15, -0.1) is 11.3 Å². The van der Waals surface area contributed by atoms with Crippen LogP contribution in [0.15, 0.2) is 17.8 Å². The maximum Gasteiger partial charge on any atom is 0.133 e. The quantitative estimate of drug-likeness (QED) is 0.707. The molecule has 64 valence electrons. The van der Waals surface area contributed by atoms with Crippen LogP contribution < -0.4 is 5.73 Å². The van der Waals surface area contributed by atoms with Crippen LogP contribution in [-0.4, -0.2) is 21.1 Å². The molecule has 0 aliphatic heterocycles. The van der Waals surface area contributed by atoms with Crippen molar-refractivity contribution in [1.29, 1.82) is 0 Å². The second-order valence-corrected chi connectivity index (χ2v) is 3.44. The predicted octanol–water partition coefficient (Wildman–Crippen LogP) is 0.388. The summed E-state index contributed by atoms with van der Waals surface area (Å²) in [5.74, 6) is 0.716. The van der Waals surface area contributed by atoms with Gasteiger partial charge in [0.1, 0.15) is 10.7 Å². The highest BCUT2D eigenvalue weighted by Gasteiger charge is 2.11. The number of nitrogens with two attached hydrogens (primary N) is 1. The summed E-state index contributed by atoms with van der Waals surface area (Å²) in [5, 5.41) is 10.8. The average Bonchev–Trinajstić information content (AvgIpc) is 2.62. The summed E-state index contributed by atoms with van der Waals surface area (Å²) in [7, 11) is 0. The Morgan fingerprint density at radius 3 is 3.33 bits per heavy atom. The molecule has 2 heterocycles. The lowest BCUT2D eigenvalue weighted by molar-refractivity contribution is 0.263. The topological polar surface area (TPSA) is 63.5 Å². The molecule has 0 aromatic carbocycles. The highest BCUT2D eigenvalue weighted by molar-refractivity contribution is 7.15. The van der Waals surface area contributed by atoms with Gasteiger partial charge in [-0.3, -0.25) is 4.40 Å². The zero-order valence-electron chi connectivity index (χ0n) is 6.34. The number of aliphatic hydroxyl groups excluding tert-OH is 1. The molecule has 2 aromatic rings. The van der Waals surface area contributed by atoms with Crippen LogP contribution in [0.25, 0.3) is 4.83 Å². The molecule has 3 N–H and O–H groups in total. The monoisotopic (exact) mass is 183 g/mol. The van der Waals surface area contributed by atoms with E-state index in [1.54, 1.807) is 17.5 Å². The van der Waals surface area contributed by atoms with Gasteiger partial charge in [0.05, 0.1) is 18.8 Å². The summed E-state index contributed by atoms with van der Waals surface area (Å²) in [6.07, 6.45) is 3.66. The lowest BCUT2D eigenvalue weighted by Crippen LogP contribution is -2.17. The lowest BCUT2D eigenvalue weighted by atomic mass is 10.3. The summed E-state index contributed by atoms with van der Waals surface area (Å²) in [4.78, 5) is 5.16. The van der Waals surface area contributed by atoms with Crippen molar-refractivity contribution in [2.24, 2.45) is 5.73 Å². The van der Waals surface area contributed by atoms with Crippen LogP contribution >= 0.6 is 11.3 Å². The summed E-state index contributed by atoms with van der Waals surface area (Å²) in [6, 6.07) is -0.387. The molecule has 0 saturated heterocycles. The van der Waals surface area contributed by atoms with Gasteiger partial charge < -0.3 is 10.8 Å². The molecule has 0 spiro atoms. The Morgan fingerprint density at radius 2 is 2.58 bits per heavy atom. The third-order valence-electron chi connectivity index (χ3n) is 1.72. The Labute approximate surface area is 73.3 Å². The van der Waals surface area contributed by atoms with Crippen molar-refractivity contribution < 1.29 is 5.11 Å². The minimum absolute atomic E-state index is 0.0744. The van der Waals surface area contributed by atoms with Crippen molar-refractivity contribution in [2.45, 2.75) is 6.04 Å². The van der Waals surface area contributed by atoms with E-state index in [0.717, 1.165) is 4.83 Å². The van der Waals surface area contributed by atoms with E-state index in [0.29, 0.717) is 5.82 Å². The van der Waals surface area contributed by atoms with Gasteiger partial charge in [0.2, 0.25) is 0 Å². The third kappa shape index (κ3) is 1.03. The standard InChI is InChI=1S/C7H9N3OS/c8-5(4-11)7-9-3-6-10(7)1-2-12-6/h1-3,5,11H,4,8H2. The molecule has 12 heavy (non-hydrogen) atoms. The molecule has 0 amide bonds. The zero-order valence-corrected chi connectivity index (χ0v) is 7.16. The van der Waals surface area contributed by atoms with E-state index in [-0.39, 0.29) is 12.6 Å². The van der Waals surface area contributed by atoms with Crippen molar-refractivity contribution >= 4 is 16.2 Å². The van der Waals surface area contributed by atoms with Crippen LogP contribution in [-0.2, 0) is 0 Å². The number of imidazole rings is 1. The van der Waals surface area contributed by atoms with Crippen LogP contribution in [0.5, 0.6) is 0 Å². The smallest absolute Gasteiger partial charge is 0.133 e. The van der Waals surface area contributed by atoms with Gasteiger partial charge in [0, 0.05) is 11.6 Å². The first-order chi connectivity index (χ1) is 5.83. The number of thiazole rings is 1. The minimum Gasteiger partial charge on any atom is -0.394 e. The molecule has 0 bridgehead atoms. The molecule has 0 saturated carbocycles. The second kappa shape index (κ2) is 2.85. The van der Waals surface area contributed by atoms with E-state index >= 15 is 0 Å². The number of hydrogen-bond donors (Lipinski definition) is 2. The van der Waals surface area contributed by atoms with E-state index in [2.05, 4.69) is 4.98 Å². The van der Waals surface area contributed by atoms with Crippen molar-refractivity contribution in [2.75, 3.05) is 6.61 Å². The Hall–Kier alpha value is -0.910. The van der Waals surface area contributed by atoms with E-state index in [4.69, 9.17) is 10.8 Å². The second-order valence-electron chi connectivity index (χ2n) is 2.52. The predicted molar refractivity (Wildman–Crippen MR) is 47.1 cm³/mol. The minimum atomic E-state index is -0.387. The van der Waals surface area contributed by atoms with Gasteiger partial charge in [0.15, 0.2) is 0 Å². The molecule has 0 fully saturated rings. The fourth-order valence-corrected chi connectivity index (χ4v) is 1.82. The fourth-order valence-electron chi connectivity index (χ4n) is 1.11. The van der Waals surface area contributed by atoms with Crippen molar-refractivity contribution in [3.63, 3.8) is 0 Å². The van der Waals surface area contributed by atoms with E-state index in [9.17, 15) is 0 Å². The largest absolute Gasteiger partial charge is 0.394 e. The molecule has 5 heteroatoms. The van der Waals surface area contributed by atoms with Crippen LogP contribution in [0.4, 0.5) is 0 Å². The Morgan fingerprint density at radius 1 is 1.75 bits per heavy atom. The molecule has 2 rings (SSSR count). The Balaban J connectivity index is 2.53. The Kier molecular flexibility index (Phi) is 1.84. The highest BCUT2D eigenvalue weighted by Crippen LogP contribution is 2.16. The van der Waals surface area contributed by atoms with Crippen LogP contribution in [0.2, 0.25) is 0 Å². The Bertz CT molecular complexity index is 381. The number of fused-ring (bicyclic) bond motifs is 1. The summed E-state index contributed by atoms with van der Waals surface area (Å²) < 4.78 is 1.89. The molecule has 2 aromatic heterocycles. The van der Waals surface area contributed by atoms with Crippen LogP contribution in [0.1, 0.15) is 11.9 Å². The molecule has 4 nitrogen and oxygen atoms in total. The number of nitrogens with zero attached hydrogens (tertiary/aromatic N) is 2. The molecular formula is C7H9N3OS. The maximum absolute atomic E-state index is 8.83. The number of aromatic nitrogens is 2. The molecule has 1 atom stereocenters. The van der Waals surface area contributed by atoms with Crippen molar-refractivity contribution in [3.05, 3.63) is 23.6 Å². The van der Waals surface area contributed by atoms with Gasteiger partial charge >= 0.3 is 0 Å². The lowest BCUT2D eigenvalue weighted by Gasteiger charge is -2.04. The third-order valence-corrected chi connectivity index (χ3v) is 2.52.